The number of tetrazole rings is 1. The van der Waals surface area contributed by atoms with E-state index in [1.54, 1.807) is 11.7 Å². The number of aromatic nitrogens is 4. The highest BCUT2D eigenvalue weighted by Gasteiger charge is 2.22. The van der Waals surface area contributed by atoms with Gasteiger partial charge < -0.3 is 10.1 Å². The summed E-state index contributed by atoms with van der Waals surface area (Å²) in [5.74, 6) is 1.58. The van der Waals surface area contributed by atoms with Gasteiger partial charge in [0.05, 0.1) is 6.54 Å². The summed E-state index contributed by atoms with van der Waals surface area (Å²) in [4.78, 5) is 11.8. The van der Waals surface area contributed by atoms with Crippen LogP contribution in [0, 0.1) is 0 Å². The molecule has 1 atom stereocenters. The van der Waals surface area contributed by atoms with Crippen LogP contribution in [0.15, 0.2) is 29.4 Å². The van der Waals surface area contributed by atoms with E-state index in [0.29, 0.717) is 23.9 Å². The third kappa shape index (κ3) is 3.56. The number of hydrogen-bond donors (Lipinski definition) is 1. The maximum Gasteiger partial charge on any atom is 0.220 e. The second kappa shape index (κ2) is 6.78. The van der Waals surface area contributed by atoms with Gasteiger partial charge in [0.1, 0.15) is 11.9 Å². The van der Waals surface area contributed by atoms with E-state index in [2.05, 4.69) is 26.9 Å². The SMILES string of the molecule is Cn1nnnc1SCCC(=O)NC[C@@H]1Cc2ccccc2O1. The van der Waals surface area contributed by atoms with Crippen LogP contribution in [0.25, 0.3) is 0 Å². The number of thioether (sulfide) groups is 1. The summed E-state index contributed by atoms with van der Waals surface area (Å²) in [6, 6.07) is 7.98. The van der Waals surface area contributed by atoms with Crippen LogP contribution in [-0.2, 0) is 18.3 Å². The van der Waals surface area contributed by atoms with Crippen molar-refractivity contribution in [3.63, 3.8) is 0 Å². The van der Waals surface area contributed by atoms with Gasteiger partial charge in [-0.3, -0.25) is 4.79 Å². The Hall–Kier alpha value is -2.09. The zero-order valence-corrected chi connectivity index (χ0v) is 13.0. The fourth-order valence-corrected chi connectivity index (χ4v) is 3.05. The molecule has 1 N–H and O–H groups in total. The predicted molar refractivity (Wildman–Crippen MR) is 81.7 cm³/mol. The third-order valence-corrected chi connectivity index (χ3v) is 4.39. The van der Waals surface area contributed by atoms with Gasteiger partial charge in [0.25, 0.3) is 0 Å². The van der Waals surface area contributed by atoms with Gasteiger partial charge in [0.15, 0.2) is 0 Å². The second-order valence-corrected chi connectivity index (χ2v) is 6.10. The van der Waals surface area contributed by atoms with Gasteiger partial charge in [-0.2, -0.15) is 0 Å². The summed E-state index contributed by atoms with van der Waals surface area (Å²) in [5.41, 5.74) is 1.20. The lowest BCUT2D eigenvalue weighted by Gasteiger charge is -2.11. The molecule has 1 amide bonds. The molecule has 2 heterocycles. The lowest BCUT2D eigenvalue weighted by atomic mass is 10.1. The van der Waals surface area contributed by atoms with Crippen molar-refractivity contribution < 1.29 is 9.53 Å². The molecule has 22 heavy (non-hydrogen) atoms. The molecule has 0 bridgehead atoms. The molecule has 1 aliphatic rings. The first-order chi connectivity index (χ1) is 10.7. The Morgan fingerprint density at radius 1 is 1.50 bits per heavy atom. The Kier molecular flexibility index (Phi) is 4.57. The summed E-state index contributed by atoms with van der Waals surface area (Å²) in [6.07, 6.45) is 1.30. The highest BCUT2D eigenvalue weighted by Crippen LogP contribution is 2.27. The van der Waals surface area contributed by atoms with Crippen LogP contribution < -0.4 is 10.1 Å². The summed E-state index contributed by atoms with van der Waals surface area (Å²) in [7, 11) is 1.78. The van der Waals surface area contributed by atoms with Gasteiger partial charge in [-0.25, -0.2) is 4.68 Å². The molecular weight excluding hydrogens is 302 g/mol. The third-order valence-electron chi connectivity index (χ3n) is 3.38. The minimum atomic E-state index is 0.0159. The minimum Gasteiger partial charge on any atom is -0.488 e. The number of carbonyl (C=O) groups is 1. The van der Waals surface area contributed by atoms with Gasteiger partial charge >= 0.3 is 0 Å². The number of para-hydroxylation sites is 1. The van der Waals surface area contributed by atoms with Gasteiger partial charge in [0, 0.05) is 25.6 Å². The largest absolute Gasteiger partial charge is 0.488 e. The Morgan fingerprint density at radius 3 is 3.14 bits per heavy atom. The molecule has 1 aromatic carbocycles. The lowest BCUT2D eigenvalue weighted by Crippen LogP contribution is -2.34. The number of nitrogens with zero attached hydrogens (tertiary/aromatic N) is 4. The van der Waals surface area contributed by atoms with E-state index < -0.39 is 0 Å². The lowest BCUT2D eigenvalue weighted by molar-refractivity contribution is -0.121. The number of ether oxygens (including phenoxy) is 1. The van der Waals surface area contributed by atoms with Crippen LogP contribution in [0.3, 0.4) is 0 Å². The fourth-order valence-electron chi connectivity index (χ4n) is 2.26. The Balaban J connectivity index is 1.36. The molecule has 0 radical (unpaired) electrons. The molecule has 7 nitrogen and oxygen atoms in total. The van der Waals surface area contributed by atoms with Crippen molar-refractivity contribution >= 4 is 17.7 Å². The molecule has 1 aromatic heterocycles. The highest BCUT2D eigenvalue weighted by molar-refractivity contribution is 7.99. The molecule has 8 heteroatoms. The number of hydrogen-bond acceptors (Lipinski definition) is 6. The van der Waals surface area contributed by atoms with Crippen molar-refractivity contribution in [3.8, 4) is 5.75 Å². The molecule has 0 saturated heterocycles. The Morgan fingerprint density at radius 2 is 2.36 bits per heavy atom. The molecule has 116 valence electrons. The van der Waals surface area contributed by atoms with E-state index in [1.165, 1.54) is 17.3 Å². The first-order valence-electron chi connectivity index (χ1n) is 7.09. The van der Waals surface area contributed by atoms with Gasteiger partial charge in [0.2, 0.25) is 11.1 Å². The maximum atomic E-state index is 11.8. The number of amides is 1. The standard InChI is InChI=1S/C14H17N5O2S/c1-19-14(16-17-18-19)22-7-6-13(20)15-9-11-8-10-4-2-3-5-12(10)21-11/h2-5,11H,6-9H2,1H3,(H,15,20)/t11-/m0/s1. The predicted octanol–water partition coefficient (Wildman–Crippen LogP) is 0.812. The van der Waals surface area contributed by atoms with Crippen LogP contribution in [0.4, 0.5) is 0 Å². The number of fused-ring (bicyclic) bond motifs is 1. The van der Waals surface area contributed by atoms with Crippen LogP contribution in [0.5, 0.6) is 5.75 Å². The average molecular weight is 319 g/mol. The number of aryl methyl sites for hydroxylation is 1. The van der Waals surface area contributed by atoms with Gasteiger partial charge in [-0.1, -0.05) is 30.0 Å². The van der Waals surface area contributed by atoms with E-state index in [4.69, 9.17) is 4.74 Å². The van der Waals surface area contributed by atoms with Crippen LogP contribution >= 0.6 is 11.8 Å². The van der Waals surface area contributed by atoms with E-state index in [-0.39, 0.29) is 12.0 Å². The summed E-state index contributed by atoms with van der Waals surface area (Å²) < 4.78 is 7.38. The molecule has 3 rings (SSSR count). The molecule has 1 aliphatic heterocycles. The van der Waals surface area contributed by atoms with Crippen LogP contribution in [0.1, 0.15) is 12.0 Å². The van der Waals surface area contributed by atoms with Gasteiger partial charge in [-0.05, 0) is 22.1 Å². The number of benzene rings is 1. The second-order valence-electron chi connectivity index (χ2n) is 5.04. The van der Waals surface area contributed by atoms with Crippen molar-refractivity contribution in [2.45, 2.75) is 24.1 Å². The topological polar surface area (TPSA) is 81.9 Å². The summed E-state index contributed by atoms with van der Waals surface area (Å²) in [6.45, 7) is 0.531. The van der Waals surface area contributed by atoms with Crippen molar-refractivity contribution in [1.29, 1.82) is 0 Å². The summed E-state index contributed by atoms with van der Waals surface area (Å²) >= 11 is 1.46. The molecular formula is C14H17N5O2S. The van der Waals surface area contributed by atoms with Crippen molar-refractivity contribution in [3.05, 3.63) is 29.8 Å². The zero-order valence-electron chi connectivity index (χ0n) is 12.2. The van der Waals surface area contributed by atoms with Crippen LogP contribution in [-0.4, -0.2) is 44.5 Å². The smallest absolute Gasteiger partial charge is 0.220 e. The molecule has 0 unspecified atom stereocenters. The van der Waals surface area contributed by atoms with Crippen molar-refractivity contribution in [2.75, 3.05) is 12.3 Å². The van der Waals surface area contributed by atoms with Crippen molar-refractivity contribution in [1.82, 2.24) is 25.5 Å². The van der Waals surface area contributed by atoms with E-state index in [9.17, 15) is 4.79 Å². The van der Waals surface area contributed by atoms with E-state index in [0.717, 1.165) is 12.2 Å². The number of carbonyl (C=O) groups excluding carboxylic acids is 1. The Labute approximate surface area is 132 Å². The zero-order chi connectivity index (χ0) is 15.4. The molecule has 0 aliphatic carbocycles. The molecule has 0 saturated carbocycles. The van der Waals surface area contributed by atoms with Crippen LogP contribution in [0.2, 0.25) is 0 Å². The quantitative estimate of drug-likeness (QED) is 0.794. The summed E-state index contributed by atoms with van der Waals surface area (Å²) in [5, 5.41) is 14.8. The van der Waals surface area contributed by atoms with Gasteiger partial charge in [-0.15, -0.1) is 5.10 Å². The monoisotopic (exact) mass is 319 g/mol. The van der Waals surface area contributed by atoms with Crippen molar-refractivity contribution in [2.24, 2.45) is 7.05 Å². The number of rotatable bonds is 6. The average Bonchev–Trinajstić information content (AvgIpc) is 3.11. The minimum absolute atomic E-state index is 0.0159. The maximum absolute atomic E-state index is 11.8. The molecule has 0 fully saturated rings. The van der Waals surface area contributed by atoms with E-state index in [1.807, 2.05) is 18.2 Å². The highest BCUT2D eigenvalue weighted by atomic mass is 32.2. The molecule has 0 spiro atoms. The molecule has 2 aromatic rings. The normalized spacial score (nSPS) is 16.1. The first-order valence-corrected chi connectivity index (χ1v) is 8.07. The van der Waals surface area contributed by atoms with E-state index >= 15 is 0 Å². The first kappa shape index (κ1) is 14.8. The fraction of sp³-hybridized carbons (Fsp3) is 0.429. The number of nitrogens with one attached hydrogen (secondary N) is 1. The Bertz CT molecular complexity index is 635.